The Hall–Kier alpha value is -0.730. The lowest BCUT2D eigenvalue weighted by atomic mass is 10.2. The first-order valence-electron chi connectivity index (χ1n) is 5.36. The lowest BCUT2D eigenvalue weighted by Crippen LogP contribution is -2.12. The topological polar surface area (TPSA) is 29.5 Å². The minimum absolute atomic E-state index is 0.0252. The van der Waals surface area contributed by atoms with E-state index in [1.807, 2.05) is 12.1 Å². The van der Waals surface area contributed by atoms with E-state index in [0.717, 1.165) is 18.4 Å². The van der Waals surface area contributed by atoms with Gasteiger partial charge in [0.05, 0.1) is 17.7 Å². The van der Waals surface area contributed by atoms with E-state index in [1.165, 1.54) is 12.8 Å². The monoisotopic (exact) mass is 226 g/mol. The van der Waals surface area contributed by atoms with Gasteiger partial charge in [-0.15, -0.1) is 0 Å². The summed E-state index contributed by atoms with van der Waals surface area (Å²) in [5.41, 5.74) is 0.773. The molecular weight excluding hydrogens is 212 g/mol. The third kappa shape index (κ3) is 2.44. The molecule has 15 heavy (non-hydrogen) atoms. The number of halogens is 1. The van der Waals surface area contributed by atoms with Crippen molar-refractivity contribution in [2.75, 3.05) is 0 Å². The molecule has 0 heterocycles. The fourth-order valence-corrected chi connectivity index (χ4v) is 2.22. The number of hydrogen-bond donors (Lipinski definition) is 1. The fraction of sp³-hybridized carbons (Fsp3) is 0.500. The normalized spacial score (nSPS) is 16.9. The number of hydrogen-bond acceptors (Lipinski definition) is 2. The number of benzene rings is 1. The van der Waals surface area contributed by atoms with Crippen LogP contribution < -0.4 is 4.74 Å². The molecule has 1 aliphatic carbocycles. The van der Waals surface area contributed by atoms with Crippen LogP contribution in [-0.4, -0.2) is 11.2 Å². The largest absolute Gasteiger partial charge is 0.488 e. The van der Waals surface area contributed by atoms with Crippen LogP contribution in [0.15, 0.2) is 18.2 Å². The molecule has 0 spiro atoms. The molecule has 0 saturated heterocycles. The molecule has 0 amide bonds. The second-order valence-electron chi connectivity index (χ2n) is 3.91. The average Bonchev–Trinajstić information content (AvgIpc) is 2.74. The minimum atomic E-state index is -0.0252. The Morgan fingerprint density at radius 1 is 1.33 bits per heavy atom. The number of aliphatic hydroxyl groups is 1. The van der Waals surface area contributed by atoms with Crippen molar-refractivity contribution in [1.82, 2.24) is 0 Å². The Kier molecular flexibility index (Phi) is 3.49. The third-order valence-electron chi connectivity index (χ3n) is 2.81. The Morgan fingerprint density at radius 3 is 2.73 bits per heavy atom. The molecule has 0 radical (unpaired) electrons. The number of para-hydroxylation sites is 1. The lowest BCUT2D eigenvalue weighted by Gasteiger charge is -2.16. The van der Waals surface area contributed by atoms with E-state index in [2.05, 4.69) is 0 Å². The van der Waals surface area contributed by atoms with Gasteiger partial charge in [-0.3, -0.25) is 0 Å². The van der Waals surface area contributed by atoms with E-state index in [4.69, 9.17) is 16.3 Å². The van der Waals surface area contributed by atoms with E-state index < -0.39 is 0 Å². The molecule has 1 N–H and O–H groups in total. The first-order chi connectivity index (χ1) is 7.31. The Morgan fingerprint density at radius 2 is 2.07 bits per heavy atom. The number of ether oxygens (including phenoxy) is 1. The summed E-state index contributed by atoms with van der Waals surface area (Å²) >= 11 is 6.05. The third-order valence-corrected chi connectivity index (χ3v) is 3.10. The smallest absolute Gasteiger partial charge is 0.143 e. The van der Waals surface area contributed by atoms with Gasteiger partial charge in [0, 0.05) is 5.56 Å². The van der Waals surface area contributed by atoms with Gasteiger partial charge in [0.15, 0.2) is 0 Å². The van der Waals surface area contributed by atoms with Crippen molar-refractivity contribution in [2.45, 2.75) is 38.4 Å². The summed E-state index contributed by atoms with van der Waals surface area (Å²) in [5.74, 6) is 0.661. The van der Waals surface area contributed by atoms with Crippen molar-refractivity contribution in [2.24, 2.45) is 0 Å². The van der Waals surface area contributed by atoms with Gasteiger partial charge in [-0.05, 0) is 31.7 Å². The summed E-state index contributed by atoms with van der Waals surface area (Å²) in [5, 5.41) is 9.77. The molecule has 3 heteroatoms. The quantitative estimate of drug-likeness (QED) is 0.858. The van der Waals surface area contributed by atoms with Crippen molar-refractivity contribution in [3.63, 3.8) is 0 Å². The highest BCUT2D eigenvalue weighted by molar-refractivity contribution is 6.32. The van der Waals surface area contributed by atoms with Crippen molar-refractivity contribution in [1.29, 1.82) is 0 Å². The highest BCUT2D eigenvalue weighted by Crippen LogP contribution is 2.32. The van der Waals surface area contributed by atoms with Gasteiger partial charge in [-0.2, -0.15) is 0 Å². The van der Waals surface area contributed by atoms with Crippen LogP contribution in [0.4, 0.5) is 0 Å². The molecule has 2 nitrogen and oxygen atoms in total. The second kappa shape index (κ2) is 4.86. The summed E-state index contributed by atoms with van der Waals surface area (Å²) in [6, 6.07) is 5.47. The summed E-state index contributed by atoms with van der Waals surface area (Å²) in [4.78, 5) is 0. The number of aliphatic hydroxyl groups excluding tert-OH is 1. The zero-order valence-electron chi connectivity index (χ0n) is 8.58. The molecular formula is C12H15ClO2. The van der Waals surface area contributed by atoms with Crippen LogP contribution in [0.3, 0.4) is 0 Å². The van der Waals surface area contributed by atoms with Gasteiger partial charge in [-0.1, -0.05) is 23.7 Å². The van der Waals surface area contributed by atoms with Crippen LogP contribution in [0, 0.1) is 0 Å². The second-order valence-corrected chi connectivity index (χ2v) is 4.32. The van der Waals surface area contributed by atoms with Crippen molar-refractivity contribution >= 4 is 11.6 Å². The van der Waals surface area contributed by atoms with E-state index in [0.29, 0.717) is 10.8 Å². The van der Waals surface area contributed by atoms with Gasteiger partial charge in [0.25, 0.3) is 0 Å². The molecule has 82 valence electrons. The summed E-state index contributed by atoms with van der Waals surface area (Å²) in [6.45, 7) is -0.0252. The molecule has 0 atom stereocenters. The van der Waals surface area contributed by atoms with Gasteiger partial charge in [0.2, 0.25) is 0 Å². The van der Waals surface area contributed by atoms with Crippen LogP contribution in [0.1, 0.15) is 31.2 Å². The van der Waals surface area contributed by atoms with Gasteiger partial charge >= 0.3 is 0 Å². The zero-order valence-corrected chi connectivity index (χ0v) is 9.33. The van der Waals surface area contributed by atoms with Crippen LogP contribution in [-0.2, 0) is 6.61 Å². The van der Waals surface area contributed by atoms with E-state index >= 15 is 0 Å². The number of rotatable bonds is 3. The van der Waals surface area contributed by atoms with E-state index in [9.17, 15) is 5.11 Å². The SMILES string of the molecule is OCc1cccc(Cl)c1OC1CCCC1. The predicted molar refractivity (Wildman–Crippen MR) is 60.3 cm³/mol. The highest BCUT2D eigenvalue weighted by atomic mass is 35.5. The first kappa shape index (κ1) is 10.8. The molecule has 0 aromatic heterocycles. The minimum Gasteiger partial charge on any atom is -0.488 e. The van der Waals surface area contributed by atoms with Crippen LogP contribution >= 0.6 is 11.6 Å². The molecule has 1 fully saturated rings. The Balaban J connectivity index is 2.17. The molecule has 1 saturated carbocycles. The predicted octanol–water partition coefficient (Wildman–Crippen LogP) is 3.15. The molecule has 1 aromatic rings. The standard InChI is InChI=1S/C12H15ClO2/c13-11-7-3-4-9(8-14)12(11)15-10-5-1-2-6-10/h3-4,7,10,14H,1-2,5-6,8H2. The van der Waals surface area contributed by atoms with Crippen LogP contribution in [0.5, 0.6) is 5.75 Å². The molecule has 1 aliphatic rings. The van der Waals surface area contributed by atoms with Crippen molar-refractivity contribution < 1.29 is 9.84 Å². The molecule has 1 aromatic carbocycles. The highest BCUT2D eigenvalue weighted by Gasteiger charge is 2.19. The summed E-state index contributed by atoms with van der Waals surface area (Å²) in [6.07, 6.45) is 4.91. The van der Waals surface area contributed by atoms with E-state index in [1.54, 1.807) is 6.07 Å². The maximum atomic E-state index is 9.18. The molecule has 0 bridgehead atoms. The van der Waals surface area contributed by atoms with Crippen molar-refractivity contribution in [3.05, 3.63) is 28.8 Å². The van der Waals surface area contributed by atoms with Gasteiger partial charge in [-0.25, -0.2) is 0 Å². The zero-order chi connectivity index (χ0) is 10.7. The van der Waals surface area contributed by atoms with Crippen LogP contribution in [0.25, 0.3) is 0 Å². The maximum Gasteiger partial charge on any atom is 0.143 e. The molecule has 0 aliphatic heterocycles. The first-order valence-corrected chi connectivity index (χ1v) is 5.74. The van der Waals surface area contributed by atoms with Crippen LogP contribution in [0.2, 0.25) is 5.02 Å². The van der Waals surface area contributed by atoms with Gasteiger partial charge in [0.1, 0.15) is 5.75 Å². The fourth-order valence-electron chi connectivity index (χ4n) is 1.98. The van der Waals surface area contributed by atoms with E-state index in [-0.39, 0.29) is 12.7 Å². The average molecular weight is 227 g/mol. The lowest BCUT2D eigenvalue weighted by molar-refractivity contribution is 0.199. The molecule has 0 unspecified atom stereocenters. The summed E-state index contributed by atoms with van der Waals surface area (Å²) < 4.78 is 5.84. The maximum absolute atomic E-state index is 9.18. The summed E-state index contributed by atoms with van der Waals surface area (Å²) in [7, 11) is 0. The van der Waals surface area contributed by atoms with Gasteiger partial charge < -0.3 is 9.84 Å². The Bertz CT molecular complexity index is 332. The molecule has 2 rings (SSSR count). The van der Waals surface area contributed by atoms with Crippen molar-refractivity contribution in [3.8, 4) is 5.75 Å². The Labute approximate surface area is 94.8 Å².